The number of benzene rings is 2. The number of carbonyl (C=O) groups excluding carboxylic acids is 1. The van der Waals surface area contributed by atoms with Crippen molar-refractivity contribution in [1.82, 2.24) is 5.32 Å². The van der Waals surface area contributed by atoms with Crippen molar-refractivity contribution in [2.24, 2.45) is 0 Å². The molecule has 0 bridgehead atoms. The van der Waals surface area contributed by atoms with E-state index in [0.717, 1.165) is 37.4 Å². The van der Waals surface area contributed by atoms with Crippen LogP contribution in [0.5, 0.6) is 0 Å². The highest BCUT2D eigenvalue weighted by molar-refractivity contribution is 5.90. The molecule has 1 atom stereocenters. The van der Waals surface area contributed by atoms with Crippen LogP contribution in [0.4, 0.5) is 5.69 Å². The van der Waals surface area contributed by atoms with Crippen molar-refractivity contribution >= 4 is 11.7 Å². The molecule has 1 saturated heterocycles. The maximum absolute atomic E-state index is 12.7. The minimum atomic E-state index is -1.07. The summed E-state index contributed by atoms with van der Waals surface area (Å²) in [6.45, 7) is 5.85. The summed E-state index contributed by atoms with van der Waals surface area (Å²) in [6.07, 6.45) is 0.526. The number of hydrogen-bond acceptors (Lipinski definition) is 5. The molecule has 2 aromatic rings. The molecule has 1 aliphatic rings. The van der Waals surface area contributed by atoms with E-state index < -0.39 is 5.79 Å². The number of anilines is 1. The highest BCUT2D eigenvalue weighted by Gasteiger charge is 2.35. The molecule has 0 amide bonds. The summed E-state index contributed by atoms with van der Waals surface area (Å²) in [7, 11) is 1.57. The minimum absolute atomic E-state index is 0.385. The summed E-state index contributed by atoms with van der Waals surface area (Å²) in [5, 5.41) is 3.34. The van der Waals surface area contributed by atoms with Crippen molar-refractivity contribution < 1.29 is 14.3 Å². The third-order valence-corrected chi connectivity index (χ3v) is 4.85. The highest BCUT2D eigenvalue weighted by Crippen LogP contribution is 2.31. The van der Waals surface area contributed by atoms with Crippen molar-refractivity contribution in [3.63, 3.8) is 0 Å². The summed E-state index contributed by atoms with van der Waals surface area (Å²) in [6, 6.07) is 17.2. The first-order valence-corrected chi connectivity index (χ1v) is 9.08. The lowest BCUT2D eigenvalue weighted by molar-refractivity contribution is -0.197. The van der Waals surface area contributed by atoms with Crippen molar-refractivity contribution in [3.05, 3.63) is 65.7 Å². The van der Waals surface area contributed by atoms with Gasteiger partial charge >= 0.3 is 5.97 Å². The Morgan fingerprint density at radius 2 is 1.73 bits per heavy atom. The molecule has 1 N–H and O–H groups in total. The van der Waals surface area contributed by atoms with Gasteiger partial charge in [0.05, 0.1) is 5.56 Å². The number of methoxy groups -OCH3 is 1. The molecular weight excluding hydrogens is 328 g/mol. The Hall–Kier alpha value is -2.37. The van der Waals surface area contributed by atoms with Gasteiger partial charge in [0.2, 0.25) is 5.79 Å². The van der Waals surface area contributed by atoms with Gasteiger partial charge in [-0.25, -0.2) is 4.79 Å². The van der Waals surface area contributed by atoms with Crippen LogP contribution in [-0.4, -0.2) is 39.3 Å². The number of nitrogens with one attached hydrogen (secondary N) is 1. The fourth-order valence-electron chi connectivity index (χ4n) is 3.27. The summed E-state index contributed by atoms with van der Waals surface area (Å²) < 4.78 is 11.4. The molecule has 0 saturated carbocycles. The van der Waals surface area contributed by atoms with Crippen molar-refractivity contribution in [2.45, 2.75) is 19.1 Å². The summed E-state index contributed by atoms with van der Waals surface area (Å²) in [5.41, 5.74) is 2.48. The molecule has 0 spiro atoms. The zero-order chi connectivity index (χ0) is 18.4. The topological polar surface area (TPSA) is 50.8 Å². The van der Waals surface area contributed by atoms with Crippen LogP contribution < -0.4 is 10.2 Å². The van der Waals surface area contributed by atoms with E-state index in [9.17, 15) is 4.79 Å². The molecule has 138 valence electrons. The van der Waals surface area contributed by atoms with Crippen LogP contribution in [0.15, 0.2) is 54.6 Å². The maximum atomic E-state index is 12.7. The number of nitrogens with zero attached hydrogens (tertiary/aromatic N) is 1. The standard InChI is InChI=1S/C21H26N2O3/c1-3-21(25-2,18-7-5-4-6-8-18)26-20(24)17-9-11-19(12-10-17)23-15-13-22-14-16-23/h4-12,22H,3,13-16H2,1-2H3. The van der Waals surface area contributed by atoms with Gasteiger partial charge in [-0.3, -0.25) is 0 Å². The Morgan fingerprint density at radius 3 is 2.31 bits per heavy atom. The third-order valence-electron chi connectivity index (χ3n) is 4.85. The zero-order valence-electron chi connectivity index (χ0n) is 15.4. The lowest BCUT2D eigenvalue weighted by Gasteiger charge is -2.31. The van der Waals surface area contributed by atoms with Crippen molar-refractivity contribution in [3.8, 4) is 0 Å². The average molecular weight is 354 g/mol. The Morgan fingerprint density at radius 1 is 1.08 bits per heavy atom. The second-order valence-electron chi connectivity index (χ2n) is 6.35. The second kappa shape index (κ2) is 8.34. The van der Waals surface area contributed by atoms with Gasteiger partial charge in [0.15, 0.2) is 0 Å². The van der Waals surface area contributed by atoms with Gasteiger partial charge in [-0.05, 0) is 24.3 Å². The molecule has 0 radical (unpaired) electrons. The van der Waals surface area contributed by atoms with Gasteiger partial charge in [-0.1, -0.05) is 37.3 Å². The zero-order valence-corrected chi connectivity index (χ0v) is 15.4. The first-order valence-electron chi connectivity index (χ1n) is 9.08. The molecule has 5 nitrogen and oxygen atoms in total. The second-order valence-corrected chi connectivity index (χ2v) is 6.35. The van der Waals surface area contributed by atoms with E-state index in [0.29, 0.717) is 12.0 Å². The summed E-state index contributed by atoms with van der Waals surface area (Å²) in [4.78, 5) is 15.0. The van der Waals surface area contributed by atoms with E-state index in [-0.39, 0.29) is 5.97 Å². The van der Waals surface area contributed by atoms with Gasteiger partial charge in [-0.2, -0.15) is 0 Å². The smallest absolute Gasteiger partial charge is 0.340 e. The van der Waals surface area contributed by atoms with Crippen LogP contribution in [0, 0.1) is 0 Å². The van der Waals surface area contributed by atoms with E-state index in [1.54, 1.807) is 7.11 Å². The van der Waals surface area contributed by atoms with E-state index in [1.807, 2.05) is 61.5 Å². The first-order chi connectivity index (χ1) is 12.7. The number of carbonyl (C=O) groups is 1. The molecule has 1 heterocycles. The SMILES string of the molecule is CCC(OC)(OC(=O)c1ccc(N2CCNCC2)cc1)c1ccccc1. The Balaban J connectivity index is 1.75. The largest absolute Gasteiger partial charge is 0.425 e. The molecule has 1 unspecified atom stereocenters. The fourth-order valence-corrected chi connectivity index (χ4v) is 3.27. The van der Waals surface area contributed by atoms with Crippen LogP contribution in [0.25, 0.3) is 0 Å². The number of rotatable bonds is 6. The molecule has 0 aliphatic carbocycles. The predicted molar refractivity (Wildman–Crippen MR) is 102 cm³/mol. The van der Waals surface area contributed by atoms with Crippen LogP contribution in [0.3, 0.4) is 0 Å². The van der Waals surface area contributed by atoms with Gasteiger partial charge in [0, 0.05) is 51.0 Å². The molecule has 2 aromatic carbocycles. The number of ether oxygens (including phenoxy) is 2. The third kappa shape index (κ3) is 3.89. The number of piperazine rings is 1. The van der Waals surface area contributed by atoms with Gasteiger partial charge in [0.25, 0.3) is 0 Å². The van der Waals surface area contributed by atoms with Gasteiger partial charge < -0.3 is 19.7 Å². The van der Waals surface area contributed by atoms with E-state index in [2.05, 4.69) is 10.2 Å². The first kappa shape index (κ1) is 18.4. The fraction of sp³-hybridized carbons (Fsp3) is 0.381. The maximum Gasteiger partial charge on any atom is 0.340 e. The van der Waals surface area contributed by atoms with Crippen molar-refractivity contribution in [1.29, 1.82) is 0 Å². The lowest BCUT2D eigenvalue weighted by atomic mass is 10.0. The molecule has 5 heteroatoms. The molecule has 3 rings (SSSR count). The Labute approximate surface area is 154 Å². The number of esters is 1. The minimum Gasteiger partial charge on any atom is -0.425 e. The molecule has 1 aliphatic heterocycles. The summed E-state index contributed by atoms with van der Waals surface area (Å²) in [5.74, 6) is -1.46. The number of hydrogen-bond donors (Lipinski definition) is 1. The van der Waals surface area contributed by atoms with Crippen LogP contribution >= 0.6 is 0 Å². The van der Waals surface area contributed by atoms with Gasteiger partial charge in [-0.15, -0.1) is 0 Å². The molecule has 26 heavy (non-hydrogen) atoms. The Bertz CT molecular complexity index is 706. The van der Waals surface area contributed by atoms with Gasteiger partial charge in [0.1, 0.15) is 0 Å². The van der Waals surface area contributed by atoms with Crippen LogP contribution in [0.2, 0.25) is 0 Å². The summed E-state index contributed by atoms with van der Waals surface area (Å²) >= 11 is 0. The van der Waals surface area contributed by atoms with Crippen LogP contribution in [0.1, 0.15) is 29.3 Å². The average Bonchev–Trinajstić information content (AvgIpc) is 2.73. The highest BCUT2D eigenvalue weighted by atomic mass is 16.7. The monoisotopic (exact) mass is 354 g/mol. The lowest BCUT2D eigenvalue weighted by Crippen LogP contribution is -2.43. The molecule has 1 fully saturated rings. The molecule has 0 aromatic heterocycles. The normalized spacial score (nSPS) is 16.8. The van der Waals surface area contributed by atoms with E-state index in [4.69, 9.17) is 9.47 Å². The van der Waals surface area contributed by atoms with Crippen molar-refractivity contribution in [2.75, 3.05) is 38.2 Å². The molecular formula is C21H26N2O3. The predicted octanol–water partition coefficient (Wildman–Crippen LogP) is 3.16. The van der Waals surface area contributed by atoms with Crippen LogP contribution in [-0.2, 0) is 15.3 Å². The van der Waals surface area contributed by atoms with E-state index >= 15 is 0 Å². The Kier molecular flexibility index (Phi) is 5.91. The quantitative estimate of drug-likeness (QED) is 0.638. The van der Waals surface area contributed by atoms with E-state index in [1.165, 1.54) is 0 Å².